The maximum atomic E-state index is 11.8. The summed E-state index contributed by atoms with van der Waals surface area (Å²) in [4.78, 5) is 25.4. The number of carbonyl (C=O) groups excluding carboxylic acids is 2. The molecule has 0 bridgehead atoms. The molecule has 0 spiro atoms. The van der Waals surface area contributed by atoms with Crippen LogP contribution in [0.5, 0.6) is 0 Å². The van der Waals surface area contributed by atoms with Crippen molar-refractivity contribution in [3.05, 3.63) is 0 Å². The largest absolute Gasteiger partial charge is 0.356 e. The third-order valence-electron chi connectivity index (χ3n) is 3.78. The first kappa shape index (κ1) is 16.0. The first-order valence-corrected chi connectivity index (χ1v) is 7.33. The Labute approximate surface area is 115 Å². The lowest BCUT2D eigenvalue weighted by Crippen LogP contribution is -2.40. The van der Waals surface area contributed by atoms with Gasteiger partial charge < -0.3 is 16.0 Å². The number of nitrogens with one attached hydrogen (secondary N) is 1. The van der Waals surface area contributed by atoms with Gasteiger partial charge in [-0.05, 0) is 26.2 Å². The quantitative estimate of drug-likeness (QED) is 0.703. The summed E-state index contributed by atoms with van der Waals surface area (Å²) < 4.78 is 0. The van der Waals surface area contributed by atoms with Crippen molar-refractivity contribution in [3.63, 3.8) is 0 Å². The zero-order valence-corrected chi connectivity index (χ0v) is 12.2. The molecule has 19 heavy (non-hydrogen) atoms. The second-order valence-electron chi connectivity index (χ2n) is 5.48. The van der Waals surface area contributed by atoms with Crippen LogP contribution in [0.25, 0.3) is 0 Å². The average Bonchev–Trinajstić information content (AvgIpc) is 2.58. The maximum absolute atomic E-state index is 11.8. The number of rotatable bonds is 6. The zero-order valence-electron chi connectivity index (χ0n) is 12.2. The standard InChI is InChI=1S/C14H27N3O2/c1-11(12(2)15)14(19)16-8-6-10-17-9-5-3-4-7-13(17)18/h11-12H,3-10,15H2,1-2H3,(H,16,19). The maximum Gasteiger partial charge on any atom is 0.224 e. The smallest absolute Gasteiger partial charge is 0.224 e. The Morgan fingerprint density at radius 3 is 2.79 bits per heavy atom. The molecule has 5 heteroatoms. The molecule has 3 N–H and O–H groups in total. The predicted molar refractivity (Wildman–Crippen MR) is 75.5 cm³/mol. The summed E-state index contributed by atoms with van der Waals surface area (Å²) in [5.74, 6) is 0.0878. The molecule has 2 atom stereocenters. The highest BCUT2D eigenvalue weighted by atomic mass is 16.2. The number of amides is 2. The summed E-state index contributed by atoms with van der Waals surface area (Å²) in [6, 6.07) is -0.132. The minimum Gasteiger partial charge on any atom is -0.356 e. The average molecular weight is 269 g/mol. The lowest BCUT2D eigenvalue weighted by Gasteiger charge is -2.21. The minimum absolute atomic E-state index is 0.00260. The molecule has 0 aromatic rings. The lowest BCUT2D eigenvalue weighted by atomic mass is 10.0. The molecule has 2 amide bonds. The molecule has 1 aliphatic heterocycles. The van der Waals surface area contributed by atoms with E-state index in [0.717, 1.165) is 38.8 Å². The third kappa shape index (κ3) is 5.59. The van der Waals surface area contributed by atoms with Crippen LogP contribution >= 0.6 is 0 Å². The van der Waals surface area contributed by atoms with Crippen LogP contribution in [0, 0.1) is 5.92 Å². The van der Waals surface area contributed by atoms with Crippen molar-refractivity contribution in [2.75, 3.05) is 19.6 Å². The van der Waals surface area contributed by atoms with Crippen molar-refractivity contribution in [1.82, 2.24) is 10.2 Å². The van der Waals surface area contributed by atoms with Gasteiger partial charge in [0.1, 0.15) is 0 Å². The fraction of sp³-hybridized carbons (Fsp3) is 0.857. The van der Waals surface area contributed by atoms with E-state index in [4.69, 9.17) is 5.73 Å². The number of hydrogen-bond acceptors (Lipinski definition) is 3. The van der Waals surface area contributed by atoms with E-state index in [1.54, 1.807) is 0 Å². The van der Waals surface area contributed by atoms with Crippen molar-refractivity contribution in [2.24, 2.45) is 11.7 Å². The normalized spacial score (nSPS) is 19.7. The third-order valence-corrected chi connectivity index (χ3v) is 3.78. The van der Waals surface area contributed by atoms with Gasteiger partial charge in [-0.25, -0.2) is 0 Å². The summed E-state index contributed by atoms with van der Waals surface area (Å²) in [7, 11) is 0. The first-order chi connectivity index (χ1) is 9.02. The highest BCUT2D eigenvalue weighted by Gasteiger charge is 2.18. The van der Waals surface area contributed by atoms with Crippen molar-refractivity contribution >= 4 is 11.8 Å². The van der Waals surface area contributed by atoms with E-state index in [1.807, 2.05) is 18.7 Å². The topological polar surface area (TPSA) is 75.4 Å². The van der Waals surface area contributed by atoms with Crippen LogP contribution < -0.4 is 11.1 Å². The van der Waals surface area contributed by atoms with Gasteiger partial charge in [0, 0.05) is 38.0 Å². The summed E-state index contributed by atoms with van der Waals surface area (Å²) >= 11 is 0. The summed E-state index contributed by atoms with van der Waals surface area (Å²) in [6.07, 6.45) is 4.74. The molecule has 0 aromatic carbocycles. The molecule has 1 aliphatic rings. The van der Waals surface area contributed by atoms with Gasteiger partial charge in [-0.2, -0.15) is 0 Å². The van der Waals surface area contributed by atoms with E-state index in [-0.39, 0.29) is 23.8 Å². The molecular weight excluding hydrogens is 242 g/mol. The SMILES string of the molecule is CC(N)C(C)C(=O)NCCCN1CCCCCC1=O. The van der Waals surface area contributed by atoms with E-state index >= 15 is 0 Å². The Hall–Kier alpha value is -1.10. The Balaban J connectivity index is 2.19. The molecule has 1 fully saturated rings. The molecule has 110 valence electrons. The molecule has 0 aromatic heterocycles. The highest BCUT2D eigenvalue weighted by molar-refractivity contribution is 5.79. The van der Waals surface area contributed by atoms with Crippen molar-refractivity contribution in [1.29, 1.82) is 0 Å². The Kier molecular flexibility index (Phi) is 6.84. The van der Waals surface area contributed by atoms with E-state index in [1.165, 1.54) is 0 Å². The van der Waals surface area contributed by atoms with Crippen LogP contribution in [0.4, 0.5) is 0 Å². The van der Waals surface area contributed by atoms with Crippen molar-refractivity contribution < 1.29 is 9.59 Å². The monoisotopic (exact) mass is 269 g/mol. The molecule has 1 heterocycles. The fourth-order valence-corrected chi connectivity index (χ4v) is 2.16. The van der Waals surface area contributed by atoms with Crippen LogP contribution in [0.1, 0.15) is 46.0 Å². The number of nitrogens with two attached hydrogens (primary N) is 1. The van der Waals surface area contributed by atoms with E-state index in [2.05, 4.69) is 5.32 Å². The van der Waals surface area contributed by atoms with E-state index < -0.39 is 0 Å². The first-order valence-electron chi connectivity index (χ1n) is 7.33. The van der Waals surface area contributed by atoms with Gasteiger partial charge in [0.2, 0.25) is 11.8 Å². The van der Waals surface area contributed by atoms with Gasteiger partial charge in [0.05, 0.1) is 0 Å². The molecule has 0 aliphatic carbocycles. The van der Waals surface area contributed by atoms with E-state index in [9.17, 15) is 9.59 Å². The number of carbonyl (C=O) groups is 2. The Bertz CT molecular complexity index is 305. The van der Waals surface area contributed by atoms with Gasteiger partial charge in [0.15, 0.2) is 0 Å². The fourth-order valence-electron chi connectivity index (χ4n) is 2.16. The molecular formula is C14H27N3O2. The van der Waals surface area contributed by atoms with Crippen LogP contribution in [0.15, 0.2) is 0 Å². The van der Waals surface area contributed by atoms with Gasteiger partial charge in [-0.15, -0.1) is 0 Å². The van der Waals surface area contributed by atoms with Crippen molar-refractivity contribution in [3.8, 4) is 0 Å². The van der Waals surface area contributed by atoms with Crippen LogP contribution in [0.3, 0.4) is 0 Å². The zero-order chi connectivity index (χ0) is 14.3. The molecule has 1 rings (SSSR count). The van der Waals surface area contributed by atoms with Gasteiger partial charge >= 0.3 is 0 Å². The second-order valence-corrected chi connectivity index (χ2v) is 5.48. The number of hydrogen-bond donors (Lipinski definition) is 2. The molecule has 0 radical (unpaired) electrons. The van der Waals surface area contributed by atoms with Crippen LogP contribution in [0.2, 0.25) is 0 Å². The predicted octanol–water partition coefficient (Wildman–Crippen LogP) is 0.879. The Morgan fingerprint density at radius 2 is 2.11 bits per heavy atom. The summed E-state index contributed by atoms with van der Waals surface area (Å²) in [6.45, 7) is 5.88. The molecule has 2 unspecified atom stereocenters. The second kappa shape index (κ2) is 8.15. The minimum atomic E-state index is -0.167. The van der Waals surface area contributed by atoms with Crippen LogP contribution in [-0.4, -0.2) is 42.4 Å². The van der Waals surface area contributed by atoms with Gasteiger partial charge in [-0.3, -0.25) is 9.59 Å². The lowest BCUT2D eigenvalue weighted by molar-refractivity contribution is -0.130. The van der Waals surface area contributed by atoms with Gasteiger partial charge in [0.25, 0.3) is 0 Å². The van der Waals surface area contributed by atoms with Crippen LogP contribution in [-0.2, 0) is 9.59 Å². The summed E-state index contributed by atoms with van der Waals surface area (Å²) in [5, 5.41) is 2.88. The summed E-state index contributed by atoms with van der Waals surface area (Å²) in [5.41, 5.74) is 5.68. The number of likely N-dealkylation sites (tertiary alicyclic amines) is 1. The molecule has 1 saturated heterocycles. The molecule has 5 nitrogen and oxygen atoms in total. The molecule has 0 saturated carbocycles. The van der Waals surface area contributed by atoms with Crippen molar-refractivity contribution in [2.45, 2.75) is 52.0 Å². The Morgan fingerprint density at radius 1 is 1.37 bits per heavy atom. The highest BCUT2D eigenvalue weighted by Crippen LogP contribution is 2.11. The van der Waals surface area contributed by atoms with Gasteiger partial charge in [-0.1, -0.05) is 13.3 Å². The number of nitrogens with zero attached hydrogens (tertiary/aromatic N) is 1. The van der Waals surface area contributed by atoms with E-state index in [0.29, 0.717) is 13.0 Å².